The second-order valence-corrected chi connectivity index (χ2v) is 5.59. The van der Waals surface area contributed by atoms with Gasteiger partial charge in [-0.1, -0.05) is 15.9 Å². The number of anilines is 1. The van der Waals surface area contributed by atoms with Crippen LogP contribution in [0.25, 0.3) is 0 Å². The lowest BCUT2D eigenvalue weighted by atomic mass is 10.1. The fourth-order valence-corrected chi connectivity index (χ4v) is 1.77. The first-order valence-corrected chi connectivity index (χ1v) is 6.22. The summed E-state index contributed by atoms with van der Waals surface area (Å²) in [6.07, 6.45) is -4.04. The van der Waals surface area contributed by atoms with Crippen molar-refractivity contribution >= 4 is 21.6 Å². The number of alkyl halides is 3. The van der Waals surface area contributed by atoms with Gasteiger partial charge in [-0.15, -0.1) is 0 Å². The van der Waals surface area contributed by atoms with Crippen LogP contribution in [0.2, 0.25) is 0 Å². The largest absolute Gasteiger partial charge is 0.418 e. The number of hydrogen-bond acceptors (Lipinski definition) is 2. The molecule has 0 saturated carbocycles. The van der Waals surface area contributed by atoms with Crippen molar-refractivity contribution in [2.45, 2.75) is 32.0 Å². The van der Waals surface area contributed by atoms with E-state index in [9.17, 15) is 18.3 Å². The zero-order chi connectivity index (χ0) is 14.0. The molecule has 0 amide bonds. The van der Waals surface area contributed by atoms with E-state index in [2.05, 4.69) is 21.2 Å². The van der Waals surface area contributed by atoms with Crippen LogP contribution in [-0.4, -0.2) is 17.3 Å². The van der Waals surface area contributed by atoms with Gasteiger partial charge in [0.1, 0.15) is 0 Å². The maximum Gasteiger partial charge on any atom is 0.418 e. The summed E-state index contributed by atoms with van der Waals surface area (Å²) in [6.45, 7) is 3.50. The maximum atomic E-state index is 12.8. The Labute approximate surface area is 112 Å². The number of hydrogen-bond donors (Lipinski definition) is 2. The van der Waals surface area contributed by atoms with Crippen molar-refractivity contribution in [2.75, 3.05) is 11.9 Å². The number of benzene rings is 1. The van der Waals surface area contributed by atoms with E-state index in [0.717, 1.165) is 6.07 Å². The first-order chi connectivity index (χ1) is 8.09. The average molecular weight is 326 g/mol. The zero-order valence-electron chi connectivity index (χ0n) is 10.1. The van der Waals surface area contributed by atoms with Crippen LogP contribution in [0.5, 0.6) is 0 Å². The Kier molecular flexibility index (Phi) is 4.66. The summed E-state index contributed by atoms with van der Waals surface area (Å²) in [6, 6.07) is 3.95. The van der Waals surface area contributed by atoms with Gasteiger partial charge < -0.3 is 10.4 Å². The number of nitrogens with one attached hydrogen (secondary N) is 1. The molecule has 0 aliphatic rings. The smallest absolute Gasteiger partial charge is 0.390 e. The van der Waals surface area contributed by atoms with E-state index < -0.39 is 17.3 Å². The van der Waals surface area contributed by atoms with Crippen molar-refractivity contribution < 1.29 is 18.3 Å². The van der Waals surface area contributed by atoms with E-state index in [1.54, 1.807) is 19.9 Å². The Morgan fingerprint density at radius 2 is 1.89 bits per heavy atom. The van der Waals surface area contributed by atoms with Crippen molar-refractivity contribution in [3.8, 4) is 0 Å². The van der Waals surface area contributed by atoms with E-state index in [1.165, 1.54) is 6.07 Å². The summed E-state index contributed by atoms with van der Waals surface area (Å²) < 4.78 is 38.7. The molecule has 0 spiro atoms. The predicted molar refractivity (Wildman–Crippen MR) is 68.5 cm³/mol. The minimum absolute atomic E-state index is 0.0231. The van der Waals surface area contributed by atoms with Gasteiger partial charge in [-0.05, 0) is 38.5 Å². The molecule has 0 saturated heterocycles. The lowest BCUT2D eigenvalue weighted by molar-refractivity contribution is -0.137. The molecular weight excluding hydrogens is 311 g/mol. The molecule has 6 heteroatoms. The molecule has 0 unspecified atom stereocenters. The van der Waals surface area contributed by atoms with E-state index in [4.69, 9.17) is 0 Å². The molecule has 0 aliphatic heterocycles. The second-order valence-electron chi connectivity index (χ2n) is 4.68. The molecule has 18 heavy (non-hydrogen) atoms. The van der Waals surface area contributed by atoms with Crippen LogP contribution in [0.1, 0.15) is 25.8 Å². The summed E-state index contributed by atoms with van der Waals surface area (Å²) in [5, 5.41) is 12.2. The van der Waals surface area contributed by atoms with Gasteiger partial charge in [0.2, 0.25) is 0 Å². The predicted octanol–water partition coefficient (Wildman–Crippen LogP) is 4.04. The van der Waals surface area contributed by atoms with Crippen molar-refractivity contribution in [3.05, 3.63) is 28.2 Å². The van der Waals surface area contributed by atoms with Gasteiger partial charge in [-0.25, -0.2) is 0 Å². The molecule has 0 heterocycles. The van der Waals surface area contributed by atoms with Crippen LogP contribution in [0.15, 0.2) is 22.7 Å². The standard InChI is InChI=1S/C12H15BrF3NO/c1-11(2,18)5-6-17-10-4-3-8(13)7-9(10)12(14,15)16/h3-4,7,17-18H,5-6H2,1-2H3. The molecule has 0 fully saturated rings. The van der Waals surface area contributed by atoms with Crippen LogP contribution in [-0.2, 0) is 6.18 Å². The van der Waals surface area contributed by atoms with Crippen molar-refractivity contribution in [2.24, 2.45) is 0 Å². The molecule has 0 radical (unpaired) electrons. The van der Waals surface area contributed by atoms with Crippen LogP contribution in [0.4, 0.5) is 18.9 Å². The van der Waals surface area contributed by atoms with Gasteiger partial charge in [-0.3, -0.25) is 0 Å². The Balaban J connectivity index is 2.83. The van der Waals surface area contributed by atoms with Crippen LogP contribution in [0.3, 0.4) is 0 Å². The van der Waals surface area contributed by atoms with Crippen molar-refractivity contribution in [3.63, 3.8) is 0 Å². The fraction of sp³-hybridized carbons (Fsp3) is 0.500. The highest BCUT2D eigenvalue weighted by Gasteiger charge is 2.33. The van der Waals surface area contributed by atoms with Crippen molar-refractivity contribution in [1.82, 2.24) is 0 Å². The number of rotatable bonds is 4. The first-order valence-electron chi connectivity index (χ1n) is 5.42. The van der Waals surface area contributed by atoms with Gasteiger partial charge in [0.15, 0.2) is 0 Å². The lowest BCUT2D eigenvalue weighted by Crippen LogP contribution is -2.23. The molecule has 0 aromatic heterocycles. The molecule has 2 N–H and O–H groups in total. The molecular formula is C12H15BrF3NO. The SMILES string of the molecule is CC(C)(O)CCNc1ccc(Br)cc1C(F)(F)F. The molecule has 102 valence electrons. The molecule has 1 aromatic carbocycles. The van der Waals surface area contributed by atoms with E-state index in [0.29, 0.717) is 10.9 Å². The minimum Gasteiger partial charge on any atom is -0.390 e. The summed E-state index contributed by atoms with van der Waals surface area (Å²) in [4.78, 5) is 0. The Bertz CT molecular complexity index is 413. The van der Waals surface area contributed by atoms with E-state index in [1.807, 2.05) is 0 Å². The molecule has 2 nitrogen and oxygen atoms in total. The number of aliphatic hydroxyl groups is 1. The third-order valence-electron chi connectivity index (χ3n) is 2.34. The summed E-state index contributed by atoms with van der Waals surface area (Å²) in [7, 11) is 0. The topological polar surface area (TPSA) is 32.3 Å². The van der Waals surface area contributed by atoms with Crippen LogP contribution in [0, 0.1) is 0 Å². The van der Waals surface area contributed by atoms with Gasteiger partial charge in [0, 0.05) is 16.7 Å². The number of halogens is 4. The third-order valence-corrected chi connectivity index (χ3v) is 2.83. The summed E-state index contributed by atoms with van der Waals surface area (Å²) >= 11 is 3.02. The molecule has 0 bridgehead atoms. The van der Waals surface area contributed by atoms with Gasteiger partial charge in [0.05, 0.1) is 11.2 Å². The Morgan fingerprint density at radius 3 is 2.39 bits per heavy atom. The first kappa shape index (κ1) is 15.3. The zero-order valence-corrected chi connectivity index (χ0v) is 11.7. The highest BCUT2D eigenvalue weighted by molar-refractivity contribution is 9.10. The van der Waals surface area contributed by atoms with Crippen LogP contribution >= 0.6 is 15.9 Å². The fourth-order valence-electron chi connectivity index (χ4n) is 1.41. The lowest BCUT2D eigenvalue weighted by Gasteiger charge is -2.19. The van der Waals surface area contributed by atoms with E-state index >= 15 is 0 Å². The van der Waals surface area contributed by atoms with Crippen LogP contribution < -0.4 is 5.32 Å². The molecule has 1 rings (SSSR count). The third kappa shape index (κ3) is 4.86. The summed E-state index contributed by atoms with van der Waals surface area (Å²) in [5.41, 5.74) is -1.59. The normalized spacial score (nSPS) is 12.6. The van der Waals surface area contributed by atoms with Gasteiger partial charge >= 0.3 is 6.18 Å². The maximum absolute atomic E-state index is 12.8. The van der Waals surface area contributed by atoms with Gasteiger partial charge in [-0.2, -0.15) is 13.2 Å². The summed E-state index contributed by atoms with van der Waals surface area (Å²) in [5.74, 6) is 0. The van der Waals surface area contributed by atoms with Crippen molar-refractivity contribution in [1.29, 1.82) is 0 Å². The monoisotopic (exact) mass is 325 g/mol. The minimum atomic E-state index is -4.40. The average Bonchev–Trinajstić information content (AvgIpc) is 2.17. The molecule has 0 atom stereocenters. The molecule has 1 aromatic rings. The Morgan fingerprint density at radius 1 is 1.28 bits per heavy atom. The Hall–Kier alpha value is -0.750. The highest BCUT2D eigenvalue weighted by Crippen LogP contribution is 2.36. The van der Waals surface area contributed by atoms with E-state index in [-0.39, 0.29) is 12.2 Å². The van der Waals surface area contributed by atoms with Gasteiger partial charge in [0.25, 0.3) is 0 Å². The second kappa shape index (κ2) is 5.48. The highest BCUT2D eigenvalue weighted by atomic mass is 79.9. The molecule has 0 aliphatic carbocycles. The quantitative estimate of drug-likeness (QED) is 0.875.